The Morgan fingerprint density at radius 1 is 1.26 bits per heavy atom. The molecule has 23 heavy (non-hydrogen) atoms. The summed E-state index contributed by atoms with van der Waals surface area (Å²) in [6.07, 6.45) is -2.20. The Morgan fingerprint density at radius 2 is 1.96 bits per heavy atom. The molecule has 124 valence electrons. The van der Waals surface area contributed by atoms with Crippen LogP contribution in [0.3, 0.4) is 0 Å². The summed E-state index contributed by atoms with van der Waals surface area (Å²) >= 11 is 0. The second kappa shape index (κ2) is 7.38. The van der Waals surface area contributed by atoms with Crippen molar-refractivity contribution in [2.45, 2.75) is 12.7 Å². The van der Waals surface area contributed by atoms with Crippen molar-refractivity contribution in [3.05, 3.63) is 47.5 Å². The molecule has 2 aromatic heterocycles. The maximum absolute atomic E-state index is 12.5. The van der Waals surface area contributed by atoms with E-state index in [0.717, 1.165) is 12.3 Å². The van der Waals surface area contributed by atoms with Crippen molar-refractivity contribution in [3.8, 4) is 11.1 Å². The number of nitrogens with zero attached hydrogens (tertiary/aromatic N) is 2. The zero-order valence-electron chi connectivity index (χ0n) is 11.9. The molecule has 5 nitrogen and oxygen atoms in total. The van der Waals surface area contributed by atoms with Crippen molar-refractivity contribution in [2.24, 2.45) is 5.73 Å². The molecule has 9 heteroatoms. The Hall–Kier alpha value is -2.19. The average molecular weight is 348 g/mol. The van der Waals surface area contributed by atoms with E-state index in [0.29, 0.717) is 16.8 Å². The Kier molecular flexibility index (Phi) is 6.05. The molecule has 0 fully saturated rings. The molecule has 0 atom stereocenters. The molecule has 0 aromatic carbocycles. The summed E-state index contributed by atoms with van der Waals surface area (Å²) in [5.41, 5.74) is 5.80. The fraction of sp³-hybridized carbons (Fsp3) is 0.214. The first kappa shape index (κ1) is 18.9. The third kappa shape index (κ3) is 4.17. The normalized spacial score (nSPS) is 10.8. The number of alkyl halides is 3. The van der Waals surface area contributed by atoms with Crippen LogP contribution in [0.15, 0.2) is 30.6 Å². The lowest BCUT2D eigenvalue weighted by atomic mass is 10.0. The number of carbonyl (C=O) groups is 1. The Bertz CT molecular complexity index is 691. The number of halogens is 4. The van der Waals surface area contributed by atoms with Crippen LogP contribution >= 0.6 is 12.4 Å². The molecule has 0 bridgehead atoms. The molecule has 0 radical (unpaired) electrons. The molecule has 0 saturated heterocycles. The van der Waals surface area contributed by atoms with Crippen molar-refractivity contribution < 1.29 is 22.7 Å². The van der Waals surface area contributed by atoms with Crippen LogP contribution in [0.25, 0.3) is 11.1 Å². The van der Waals surface area contributed by atoms with E-state index >= 15 is 0 Å². The number of ether oxygens (including phenoxy) is 1. The average Bonchev–Trinajstić information content (AvgIpc) is 2.52. The maximum Gasteiger partial charge on any atom is 0.433 e. The first-order valence-electron chi connectivity index (χ1n) is 6.17. The molecular formula is C14H13ClF3N3O2. The topological polar surface area (TPSA) is 78.1 Å². The minimum atomic E-state index is -4.52. The lowest BCUT2D eigenvalue weighted by Gasteiger charge is -2.10. The summed E-state index contributed by atoms with van der Waals surface area (Å²) in [5, 5.41) is 0. The zero-order valence-corrected chi connectivity index (χ0v) is 12.7. The highest BCUT2D eigenvalue weighted by Crippen LogP contribution is 2.30. The highest BCUT2D eigenvalue weighted by Gasteiger charge is 2.32. The van der Waals surface area contributed by atoms with Crippen molar-refractivity contribution in [3.63, 3.8) is 0 Å². The van der Waals surface area contributed by atoms with Gasteiger partial charge in [-0.2, -0.15) is 13.2 Å². The Labute approximate surface area is 136 Å². The molecule has 0 saturated carbocycles. The van der Waals surface area contributed by atoms with E-state index < -0.39 is 17.8 Å². The zero-order chi connectivity index (χ0) is 16.3. The number of esters is 1. The van der Waals surface area contributed by atoms with Gasteiger partial charge in [0.15, 0.2) is 0 Å². The number of pyridine rings is 2. The molecule has 2 heterocycles. The molecule has 0 unspecified atom stereocenters. The van der Waals surface area contributed by atoms with E-state index in [1.165, 1.54) is 25.4 Å². The molecule has 0 aliphatic carbocycles. The summed E-state index contributed by atoms with van der Waals surface area (Å²) in [4.78, 5) is 19.1. The standard InChI is InChI=1S/C14H12F3N3O2.ClH/c1-22-13(21)11-7-19-9(5-18)4-10(11)8-2-3-12(20-6-8)14(15,16)17;/h2-4,6-7H,5,18H2,1H3;1H. The third-order valence-corrected chi connectivity index (χ3v) is 2.94. The largest absolute Gasteiger partial charge is 0.465 e. The summed E-state index contributed by atoms with van der Waals surface area (Å²) in [6.45, 7) is 0.127. The number of hydrogen-bond donors (Lipinski definition) is 1. The van der Waals surface area contributed by atoms with Crippen molar-refractivity contribution >= 4 is 18.4 Å². The first-order chi connectivity index (χ1) is 10.4. The van der Waals surface area contributed by atoms with E-state index in [2.05, 4.69) is 14.7 Å². The van der Waals surface area contributed by atoms with Crippen LogP contribution in [0.5, 0.6) is 0 Å². The Balaban J connectivity index is 0.00000264. The van der Waals surface area contributed by atoms with Crippen LogP contribution in [0.4, 0.5) is 13.2 Å². The molecule has 2 rings (SSSR count). The SMILES string of the molecule is COC(=O)c1cnc(CN)cc1-c1ccc(C(F)(F)F)nc1.Cl. The van der Waals surface area contributed by atoms with E-state index in [9.17, 15) is 18.0 Å². The quantitative estimate of drug-likeness (QED) is 0.864. The van der Waals surface area contributed by atoms with Gasteiger partial charge in [-0.25, -0.2) is 4.79 Å². The third-order valence-electron chi connectivity index (χ3n) is 2.94. The van der Waals surface area contributed by atoms with Gasteiger partial charge in [0.1, 0.15) is 5.69 Å². The van der Waals surface area contributed by atoms with Crippen molar-refractivity contribution in [2.75, 3.05) is 7.11 Å². The molecule has 0 spiro atoms. The molecule has 0 amide bonds. The molecule has 0 aliphatic heterocycles. The number of nitrogens with two attached hydrogens (primary N) is 1. The summed E-state index contributed by atoms with van der Waals surface area (Å²) in [5.74, 6) is -0.647. The van der Waals surface area contributed by atoms with E-state index in [1.807, 2.05) is 0 Å². The van der Waals surface area contributed by atoms with Crippen LogP contribution in [0.2, 0.25) is 0 Å². The van der Waals surface area contributed by atoms with Gasteiger partial charge in [0.05, 0.1) is 18.4 Å². The number of hydrogen-bond acceptors (Lipinski definition) is 5. The fourth-order valence-corrected chi connectivity index (χ4v) is 1.84. The van der Waals surface area contributed by atoms with Crippen LogP contribution in [-0.2, 0) is 17.5 Å². The van der Waals surface area contributed by atoms with Crippen molar-refractivity contribution in [1.82, 2.24) is 9.97 Å². The van der Waals surface area contributed by atoms with Gasteiger partial charge in [-0.3, -0.25) is 9.97 Å². The lowest BCUT2D eigenvalue weighted by Crippen LogP contribution is -2.09. The number of carbonyl (C=O) groups excluding carboxylic acids is 1. The van der Waals surface area contributed by atoms with Crippen LogP contribution in [-0.4, -0.2) is 23.0 Å². The van der Waals surface area contributed by atoms with Gasteiger partial charge in [-0.15, -0.1) is 12.4 Å². The fourth-order valence-electron chi connectivity index (χ4n) is 1.84. The minimum absolute atomic E-state index is 0. The predicted octanol–water partition coefficient (Wildman–Crippen LogP) is 2.83. The predicted molar refractivity (Wildman–Crippen MR) is 78.9 cm³/mol. The first-order valence-corrected chi connectivity index (χ1v) is 6.17. The van der Waals surface area contributed by atoms with Gasteiger partial charge in [-0.05, 0) is 12.1 Å². The number of methoxy groups -OCH3 is 1. The molecule has 2 aromatic rings. The van der Waals surface area contributed by atoms with Gasteiger partial charge in [0.25, 0.3) is 0 Å². The van der Waals surface area contributed by atoms with Gasteiger partial charge in [-0.1, -0.05) is 6.07 Å². The number of aromatic nitrogens is 2. The van der Waals surface area contributed by atoms with Gasteiger partial charge in [0.2, 0.25) is 0 Å². The highest BCUT2D eigenvalue weighted by atomic mass is 35.5. The molecular weight excluding hydrogens is 335 g/mol. The minimum Gasteiger partial charge on any atom is -0.465 e. The van der Waals surface area contributed by atoms with Crippen molar-refractivity contribution in [1.29, 1.82) is 0 Å². The smallest absolute Gasteiger partial charge is 0.433 e. The summed E-state index contributed by atoms with van der Waals surface area (Å²) in [7, 11) is 1.20. The second-order valence-corrected chi connectivity index (χ2v) is 4.35. The van der Waals surface area contributed by atoms with Crippen LogP contribution < -0.4 is 5.73 Å². The summed E-state index contributed by atoms with van der Waals surface area (Å²) < 4.78 is 42.3. The van der Waals surface area contributed by atoms with E-state index in [1.54, 1.807) is 0 Å². The van der Waals surface area contributed by atoms with Crippen LogP contribution in [0, 0.1) is 0 Å². The van der Waals surface area contributed by atoms with Crippen LogP contribution in [0.1, 0.15) is 21.7 Å². The monoisotopic (exact) mass is 347 g/mol. The van der Waals surface area contributed by atoms with Gasteiger partial charge in [0, 0.05) is 30.1 Å². The molecule has 2 N–H and O–H groups in total. The van der Waals surface area contributed by atoms with Gasteiger partial charge >= 0.3 is 12.1 Å². The maximum atomic E-state index is 12.5. The Morgan fingerprint density at radius 3 is 2.43 bits per heavy atom. The molecule has 0 aliphatic rings. The highest BCUT2D eigenvalue weighted by molar-refractivity contribution is 5.96. The van der Waals surface area contributed by atoms with Gasteiger partial charge < -0.3 is 10.5 Å². The number of rotatable bonds is 3. The summed E-state index contributed by atoms with van der Waals surface area (Å²) in [6, 6.07) is 3.60. The second-order valence-electron chi connectivity index (χ2n) is 4.35. The van der Waals surface area contributed by atoms with E-state index in [4.69, 9.17) is 5.73 Å². The lowest BCUT2D eigenvalue weighted by molar-refractivity contribution is -0.141. The van der Waals surface area contributed by atoms with E-state index in [-0.39, 0.29) is 24.5 Å².